The molecule has 0 N–H and O–H groups in total. The Hall–Kier alpha value is -6.02. The fourth-order valence-electron chi connectivity index (χ4n) is 6.55. The zero-order valence-electron chi connectivity index (χ0n) is 21.6. The first kappa shape index (κ1) is 23.8. The molecule has 0 amide bonds. The van der Waals surface area contributed by atoms with Gasteiger partial charge in [-0.3, -0.25) is 29.8 Å². The molecule has 0 spiro atoms. The standard InChI is InChI=1S/C34H16N2O6/c37-33-23-8-2-1-7-21(23)26-15-19(13-17-5-3-9-24(33)29(17)26)20-14-18-6-4-10-25-30(18)27(16-20)22-11-12-28(35(39)40)32(36(41)42)31(22)34(25)38/h1-16H. The topological polar surface area (TPSA) is 120 Å². The first-order chi connectivity index (χ1) is 20.3. The molecule has 0 saturated heterocycles. The molecule has 8 rings (SSSR count). The van der Waals surface area contributed by atoms with Crippen LogP contribution in [-0.2, 0) is 0 Å². The predicted molar refractivity (Wildman–Crippen MR) is 158 cm³/mol. The van der Waals surface area contributed by atoms with E-state index in [2.05, 4.69) is 0 Å². The molecule has 0 bridgehead atoms. The van der Waals surface area contributed by atoms with Gasteiger partial charge in [0.05, 0.1) is 9.85 Å². The van der Waals surface area contributed by atoms with Gasteiger partial charge in [0.25, 0.3) is 0 Å². The Morgan fingerprint density at radius 3 is 1.62 bits per heavy atom. The van der Waals surface area contributed by atoms with E-state index in [4.69, 9.17) is 0 Å². The van der Waals surface area contributed by atoms with Crippen LogP contribution in [0, 0.1) is 20.2 Å². The van der Waals surface area contributed by atoms with E-state index >= 15 is 0 Å². The SMILES string of the molecule is O=C1c2ccccc2-c2cc(-c3cc4c5c(cccc5c3)C(=O)c3c-4ccc([N+](=O)[O-])c3[N+](=O)[O-])cc3cccc1c23. The predicted octanol–water partition coefficient (Wildman–Crippen LogP) is 7.90. The first-order valence-corrected chi connectivity index (χ1v) is 13.1. The highest BCUT2D eigenvalue weighted by molar-refractivity contribution is 6.29. The van der Waals surface area contributed by atoms with E-state index in [9.17, 15) is 29.8 Å². The molecule has 8 nitrogen and oxygen atoms in total. The summed E-state index contributed by atoms with van der Waals surface area (Å²) in [5.74, 6) is -0.633. The van der Waals surface area contributed by atoms with Crippen LogP contribution in [0.4, 0.5) is 11.4 Å². The number of nitrogens with zero attached hydrogens (tertiary/aromatic N) is 2. The summed E-state index contributed by atoms with van der Waals surface area (Å²) in [6.45, 7) is 0. The average Bonchev–Trinajstić information content (AvgIpc) is 3.00. The molecule has 8 heteroatoms. The maximum Gasteiger partial charge on any atom is 0.357 e. The summed E-state index contributed by atoms with van der Waals surface area (Å²) in [5.41, 5.74) is 4.03. The van der Waals surface area contributed by atoms with Crippen molar-refractivity contribution in [2.75, 3.05) is 0 Å². The molecule has 0 aromatic heterocycles. The number of hydrogen-bond donors (Lipinski definition) is 0. The Balaban J connectivity index is 1.45. The fourth-order valence-corrected chi connectivity index (χ4v) is 6.55. The minimum Gasteiger partial charge on any atom is -0.289 e. The van der Waals surface area contributed by atoms with E-state index < -0.39 is 27.0 Å². The number of nitro benzene ring substituents is 2. The van der Waals surface area contributed by atoms with Gasteiger partial charge >= 0.3 is 11.4 Å². The highest BCUT2D eigenvalue weighted by Gasteiger charge is 2.38. The third-order valence-electron chi connectivity index (χ3n) is 8.29. The van der Waals surface area contributed by atoms with Crippen molar-refractivity contribution in [1.29, 1.82) is 0 Å². The van der Waals surface area contributed by atoms with Crippen LogP contribution in [0.25, 0.3) is 54.9 Å². The summed E-state index contributed by atoms with van der Waals surface area (Å²) in [6.07, 6.45) is 0. The molecule has 0 radical (unpaired) electrons. The lowest BCUT2D eigenvalue weighted by molar-refractivity contribution is -0.422. The number of ketones is 2. The Kier molecular flexibility index (Phi) is 4.68. The number of rotatable bonds is 3. The summed E-state index contributed by atoms with van der Waals surface area (Å²) in [5, 5.41) is 26.9. The fraction of sp³-hybridized carbons (Fsp3) is 0. The van der Waals surface area contributed by atoms with Crippen molar-refractivity contribution < 1.29 is 19.4 Å². The van der Waals surface area contributed by atoms with Crippen LogP contribution in [0.15, 0.2) is 97.1 Å². The monoisotopic (exact) mass is 548 g/mol. The molecule has 2 aliphatic rings. The van der Waals surface area contributed by atoms with Crippen LogP contribution in [0.5, 0.6) is 0 Å². The summed E-state index contributed by atoms with van der Waals surface area (Å²) < 4.78 is 0. The Labute approximate surface area is 236 Å². The minimum absolute atomic E-state index is 0.0175. The Bertz CT molecular complexity index is 2300. The van der Waals surface area contributed by atoms with Crippen LogP contribution in [-0.4, -0.2) is 21.4 Å². The first-order valence-electron chi connectivity index (χ1n) is 13.1. The number of carbonyl (C=O) groups excluding carboxylic acids is 2. The summed E-state index contributed by atoms with van der Waals surface area (Å²) in [7, 11) is 0. The second kappa shape index (κ2) is 8.25. The lowest BCUT2D eigenvalue weighted by Crippen LogP contribution is -2.14. The molecular weight excluding hydrogens is 532 g/mol. The molecule has 0 saturated carbocycles. The number of hydrogen-bond acceptors (Lipinski definition) is 6. The van der Waals surface area contributed by atoms with Crippen molar-refractivity contribution in [3.63, 3.8) is 0 Å². The molecule has 6 aromatic rings. The van der Waals surface area contributed by atoms with Crippen LogP contribution >= 0.6 is 0 Å². The molecule has 0 fully saturated rings. The Morgan fingerprint density at radius 2 is 1.02 bits per heavy atom. The van der Waals surface area contributed by atoms with Gasteiger partial charge in [0.1, 0.15) is 5.56 Å². The molecular formula is C34H16N2O6. The molecule has 0 heterocycles. The highest BCUT2D eigenvalue weighted by atomic mass is 16.6. The van der Waals surface area contributed by atoms with Gasteiger partial charge in [-0.15, -0.1) is 0 Å². The van der Waals surface area contributed by atoms with Crippen molar-refractivity contribution >= 4 is 44.5 Å². The second-order valence-corrected chi connectivity index (χ2v) is 10.4. The van der Waals surface area contributed by atoms with Crippen LogP contribution in [0.3, 0.4) is 0 Å². The molecule has 42 heavy (non-hydrogen) atoms. The third-order valence-corrected chi connectivity index (χ3v) is 8.29. The largest absolute Gasteiger partial charge is 0.357 e. The molecule has 0 unspecified atom stereocenters. The van der Waals surface area contributed by atoms with Crippen molar-refractivity contribution in [3.05, 3.63) is 140 Å². The van der Waals surface area contributed by atoms with Gasteiger partial charge in [0.2, 0.25) is 5.78 Å². The average molecular weight is 549 g/mol. The van der Waals surface area contributed by atoms with Gasteiger partial charge in [-0.2, -0.15) is 0 Å². The van der Waals surface area contributed by atoms with Gasteiger partial charge in [-0.1, -0.05) is 60.7 Å². The quantitative estimate of drug-likeness (QED) is 0.163. The van der Waals surface area contributed by atoms with Crippen molar-refractivity contribution in [3.8, 4) is 33.4 Å². The van der Waals surface area contributed by atoms with Gasteiger partial charge in [0.15, 0.2) is 5.78 Å². The Morgan fingerprint density at radius 1 is 0.476 bits per heavy atom. The number of nitro groups is 2. The summed E-state index contributed by atoms with van der Waals surface area (Å²) >= 11 is 0. The molecule has 0 aliphatic heterocycles. The summed E-state index contributed by atoms with van der Waals surface area (Å²) in [6, 6.07) is 28.8. The van der Waals surface area contributed by atoms with Crippen LogP contribution in [0.2, 0.25) is 0 Å². The zero-order valence-corrected chi connectivity index (χ0v) is 21.6. The van der Waals surface area contributed by atoms with E-state index in [0.717, 1.165) is 44.5 Å². The van der Waals surface area contributed by atoms with E-state index in [1.165, 1.54) is 6.07 Å². The van der Waals surface area contributed by atoms with Gasteiger partial charge in [-0.05, 0) is 68.9 Å². The third kappa shape index (κ3) is 3.06. The van der Waals surface area contributed by atoms with Gasteiger partial charge in [0, 0.05) is 39.1 Å². The van der Waals surface area contributed by atoms with Crippen molar-refractivity contribution in [2.24, 2.45) is 0 Å². The van der Waals surface area contributed by atoms with E-state index in [1.54, 1.807) is 12.1 Å². The number of fused-ring (bicyclic) bond motifs is 4. The molecule has 2 aliphatic carbocycles. The maximum absolute atomic E-state index is 13.6. The van der Waals surface area contributed by atoms with E-state index in [0.29, 0.717) is 22.1 Å². The molecule has 198 valence electrons. The van der Waals surface area contributed by atoms with E-state index in [1.807, 2.05) is 72.8 Å². The number of carbonyl (C=O) groups is 2. The summed E-state index contributed by atoms with van der Waals surface area (Å²) in [4.78, 5) is 48.9. The lowest BCUT2D eigenvalue weighted by Gasteiger charge is -2.23. The van der Waals surface area contributed by atoms with Crippen LogP contribution < -0.4 is 0 Å². The van der Waals surface area contributed by atoms with Crippen molar-refractivity contribution in [1.82, 2.24) is 0 Å². The van der Waals surface area contributed by atoms with Crippen molar-refractivity contribution in [2.45, 2.75) is 0 Å². The molecule has 0 atom stereocenters. The van der Waals surface area contributed by atoms with Crippen LogP contribution in [0.1, 0.15) is 31.8 Å². The maximum atomic E-state index is 13.6. The normalized spacial score (nSPS) is 12.8. The second-order valence-electron chi connectivity index (χ2n) is 10.4. The molecule has 6 aromatic carbocycles. The lowest BCUT2D eigenvalue weighted by atomic mass is 9.79. The minimum atomic E-state index is -0.853. The van der Waals surface area contributed by atoms with E-state index in [-0.39, 0.29) is 22.5 Å². The highest BCUT2D eigenvalue weighted by Crippen LogP contribution is 2.48. The number of benzene rings is 6. The van der Waals surface area contributed by atoms with Gasteiger partial charge < -0.3 is 0 Å². The smallest absolute Gasteiger partial charge is 0.289 e. The van der Waals surface area contributed by atoms with Gasteiger partial charge in [-0.25, -0.2) is 0 Å². The zero-order chi connectivity index (χ0) is 28.9.